The van der Waals surface area contributed by atoms with Crippen molar-refractivity contribution in [3.05, 3.63) is 82.5 Å². The van der Waals surface area contributed by atoms with Gasteiger partial charge in [0.1, 0.15) is 0 Å². The third kappa shape index (κ3) is 3.43. The molecule has 0 unspecified atom stereocenters. The number of benzene rings is 2. The van der Waals surface area contributed by atoms with Crippen molar-refractivity contribution in [2.45, 2.75) is 0 Å². The number of carbonyl (C=O) groups excluding carboxylic acids is 1. The molecule has 0 atom stereocenters. The minimum absolute atomic E-state index is 0.0341. The molecule has 0 amide bonds. The molecule has 1 heterocycles. The normalized spacial score (nSPS) is 11.7. The van der Waals surface area contributed by atoms with Crippen molar-refractivity contribution in [1.29, 1.82) is 0 Å². The highest BCUT2D eigenvalue weighted by molar-refractivity contribution is 9.10. The highest BCUT2D eigenvalue weighted by Crippen LogP contribution is 2.18. The summed E-state index contributed by atoms with van der Waals surface area (Å²) in [6.07, 6.45) is 8.73. The molecule has 2 aromatic carbocycles. The van der Waals surface area contributed by atoms with E-state index in [0.717, 1.165) is 26.5 Å². The molecule has 0 aliphatic rings. The fourth-order valence-corrected chi connectivity index (χ4v) is 2.48. The Kier molecular flexibility index (Phi) is 4.35. The minimum Gasteiger partial charge on any atom is -0.361 e. The summed E-state index contributed by atoms with van der Waals surface area (Å²) in [4.78, 5) is 15.1. The van der Waals surface area contributed by atoms with Gasteiger partial charge in [-0.15, -0.1) is 0 Å². The minimum atomic E-state index is -0.0341. The lowest BCUT2D eigenvalue weighted by Crippen LogP contribution is -1.84. The van der Waals surface area contributed by atoms with E-state index in [0.29, 0.717) is 0 Å². The molecule has 0 aliphatic heterocycles. The van der Waals surface area contributed by atoms with Gasteiger partial charge >= 0.3 is 0 Å². The monoisotopic (exact) mass is 351 g/mol. The summed E-state index contributed by atoms with van der Waals surface area (Å²) in [5.41, 5.74) is 3.08. The van der Waals surface area contributed by atoms with Crippen molar-refractivity contribution >= 4 is 44.8 Å². The molecule has 1 N–H and O–H groups in total. The summed E-state index contributed by atoms with van der Waals surface area (Å²) in [5.74, 6) is -0.0341. The van der Waals surface area contributed by atoms with Crippen LogP contribution in [0, 0.1) is 0 Å². The first kappa shape index (κ1) is 14.5. The van der Waals surface area contributed by atoms with Crippen molar-refractivity contribution in [2.24, 2.45) is 0 Å². The Bertz CT molecular complexity index is 857. The molecule has 0 saturated carbocycles. The Morgan fingerprint density at radius 1 is 0.955 bits per heavy atom. The first-order valence-corrected chi connectivity index (χ1v) is 7.73. The zero-order chi connectivity index (χ0) is 15.4. The molecule has 3 rings (SSSR count). The van der Waals surface area contributed by atoms with Crippen LogP contribution in [0.15, 0.2) is 71.4 Å². The Morgan fingerprint density at radius 3 is 2.50 bits per heavy atom. The molecule has 3 aromatic rings. The van der Waals surface area contributed by atoms with Gasteiger partial charge in [0, 0.05) is 21.6 Å². The van der Waals surface area contributed by atoms with E-state index in [4.69, 9.17) is 0 Å². The molecule has 0 spiro atoms. The lowest BCUT2D eigenvalue weighted by Gasteiger charge is -1.93. The van der Waals surface area contributed by atoms with Crippen LogP contribution in [0.5, 0.6) is 0 Å². The average Bonchev–Trinajstić information content (AvgIpc) is 2.96. The maximum atomic E-state index is 11.9. The number of H-pyrrole nitrogens is 1. The van der Waals surface area contributed by atoms with Gasteiger partial charge in [-0.3, -0.25) is 4.79 Å². The summed E-state index contributed by atoms with van der Waals surface area (Å²) >= 11 is 3.39. The molecule has 0 fully saturated rings. The summed E-state index contributed by atoms with van der Waals surface area (Å²) in [7, 11) is 0. The molecule has 22 heavy (non-hydrogen) atoms. The van der Waals surface area contributed by atoms with Gasteiger partial charge in [0.25, 0.3) is 0 Å². The number of carbonyl (C=O) groups is 1. The number of hydrogen-bond acceptors (Lipinski definition) is 1. The van der Waals surface area contributed by atoms with Crippen molar-refractivity contribution < 1.29 is 4.79 Å². The first-order chi connectivity index (χ1) is 10.7. The molecule has 2 nitrogen and oxygen atoms in total. The number of fused-ring (bicyclic) bond motifs is 1. The van der Waals surface area contributed by atoms with Crippen LogP contribution in [0.1, 0.15) is 11.1 Å². The van der Waals surface area contributed by atoms with Crippen molar-refractivity contribution in [3.63, 3.8) is 0 Å². The van der Waals surface area contributed by atoms with Gasteiger partial charge in [-0.1, -0.05) is 52.3 Å². The van der Waals surface area contributed by atoms with E-state index in [9.17, 15) is 4.79 Å². The van der Waals surface area contributed by atoms with Crippen molar-refractivity contribution in [1.82, 2.24) is 4.98 Å². The number of rotatable bonds is 4. The van der Waals surface area contributed by atoms with Crippen LogP contribution in [-0.4, -0.2) is 10.8 Å². The van der Waals surface area contributed by atoms with Crippen molar-refractivity contribution in [2.75, 3.05) is 0 Å². The Balaban J connectivity index is 1.72. The number of allylic oxidation sites excluding steroid dienone is 2. The molecule has 108 valence electrons. The Hall–Kier alpha value is -2.39. The summed E-state index contributed by atoms with van der Waals surface area (Å²) in [6, 6.07) is 15.8. The van der Waals surface area contributed by atoms with Crippen LogP contribution in [0.2, 0.25) is 0 Å². The SMILES string of the molecule is O=C(/C=C/c1ccc(Br)cc1)/C=C/c1c[nH]c2ccccc12. The van der Waals surface area contributed by atoms with Gasteiger partial charge in [0.2, 0.25) is 0 Å². The molecule has 0 bridgehead atoms. The van der Waals surface area contributed by atoms with E-state index >= 15 is 0 Å². The van der Waals surface area contributed by atoms with E-state index in [1.54, 1.807) is 12.2 Å². The molecular weight excluding hydrogens is 338 g/mol. The Morgan fingerprint density at radius 2 is 1.68 bits per heavy atom. The molecule has 0 radical (unpaired) electrons. The largest absolute Gasteiger partial charge is 0.361 e. The van der Waals surface area contributed by atoms with Gasteiger partial charge < -0.3 is 4.98 Å². The van der Waals surface area contributed by atoms with Gasteiger partial charge in [-0.25, -0.2) is 0 Å². The van der Waals surface area contributed by atoms with E-state index in [1.165, 1.54) is 0 Å². The molecule has 3 heteroatoms. The van der Waals surface area contributed by atoms with Crippen LogP contribution in [-0.2, 0) is 4.79 Å². The van der Waals surface area contributed by atoms with Crippen LogP contribution in [0.4, 0.5) is 0 Å². The maximum absolute atomic E-state index is 11.9. The fourth-order valence-electron chi connectivity index (χ4n) is 2.21. The van der Waals surface area contributed by atoms with Gasteiger partial charge in [0.05, 0.1) is 0 Å². The predicted octanol–water partition coefficient (Wildman–Crippen LogP) is 5.23. The zero-order valence-corrected chi connectivity index (χ0v) is 13.4. The standard InChI is InChI=1S/C19H14BrNO/c20-16-9-5-14(6-10-16)7-11-17(22)12-8-15-13-21-19-4-2-1-3-18(15)19/h1-13,21H/b11-7+,12-8+. The van der Waals surface area contributed by atoms with E-state index in [1.807, 2.05) is 66.9 Å². The van der Waals surface area contributed by atoms with Gasteiger partial charge in [-0.05, 0) is 47.6 Å². The number of aromatic amines is 1. The number of hydrogen-bond donors (Lipinski definition) is 1. The Labute approximate surface area is 137 Å². The number of aromatic nitrogens is 1. The third-order valence-electron chi connectivity index (χ3n) is 3.36. The molecule has 0 aliphatic carbocycles. The van der Waals surface area contributed by atoms with Crippen LogP contribution in [0.25, 0.3) is 23.1 Å². The maximum Gasteiger partial charge on any atom is 0.178 e. The lowest BCUT2D eigenvalue weighted by atomic mass is 10.1. The third-order valence-corrected chi connectivity index (χ3v) is 3.89. The number of halogens is 1. The van der Waals surface area contributed by atoms with Crippen LogP contribution < -0.4 is 0 Å². The fraction of sp³-hybridized carbons (Fsp3) is 0. The number of para-hydroxylation sites is 1. The van der Waals surface area contributed by atoms with E-state index < -0.39 is 0 Å². The second-order valence-corrected chi connectivity index (χ2v) is 5.83. The highest BCUT2D eigenvalue weighted by atomic mass is 79.9. The smallest absolute Gasteiger partial charge is 0.178 e. The zero-order valence-electron chi connectivity index (χ0n) is 11.8. The summed E-state index contributed by atoms with van der Waals surface area (Å²) < 4.78 is 1.02. The quantitative estimate of drug-likeness (QED) is 0.641. The summed E-state index contributed by atoms with van der Waals surface area (Å²) in [6.45, 7) is 0. The number of nitrogens with one attached hydrogen (secondary N) is 1. The topological polar surface area (TPSA) is 32.9 Å². The van der Waals surface area contributed by atoms with E-state index in [2.05, 4.69) is 20.9 Å². The van der Waals surface area contributed by atoms with Gasteiger partial charge in [0.15, 0.2) is 5.78 Å². The van der Waals surface area contributed by atoms with Crippen LogP contribution in [0.3, 0.4) is 0 Å². The van der Waals surface area contributed by atoms with Crippen LogP contribution >= 0.6 is 15.9 Å². The van der Waals surface area contributed by atoms with Crippen molar-refractivity contribution in [3.8, 4) is 0 Å². The predicted molar refractivity (Wildman–Crippen MR) is 95.5 cm³/mol. The highest BCUT2D eigenvalue weighted by Gasteiger charge is 1.99. The average molecular weight is 352 g/mol. The molecule has 1 aromatic heterocycles. The second-order valence-electron chi connectivity index (χ2n) is 4.91. The number of ketones is 1. The molecule has 0 saturated heterocycles. The second kappa shape index (κ2) is 6.58. The summed E-state index contributed by atoms with van der Waals surface area (Å²) in [5, 5.41) is 1.11. The van der Waals surface area contributed by atoms with E-state index in [-0.39, 0.29) is 5.78 Å². The first-order valence-electron chi connectivity index (χ1n) is 6.94. The van der Waals surface area contributed by atoms with Gasteiger partial charge in [-0.2, -0.15) is 0 Å². The lowest BCUT2D eigenvalue weighted by molar-refractivity contribution is -0.110. The molecular formula is C19H14BrNO.